The van der Waals surface area contributed by atoms with Gasteiger partial charge in [-0.15, -0.1) is 0 Å². The van der Waals surface area contributed by atoms with E-state index in [1.54, 1.807) is 38.5 Å². The van der Waals surface area contributed by atoms with Crippen LogP contribution in [0.25, 0.3) is 0 Å². The molecule has 0 aliphatic heterocycles. The second-order valence-electron chi connectivity index (χ2n) is 7.89. The summed E-state index contributed by atoms with van der Waals surface area (Å²) in [5.74, 6) is 0.712. The number of hydrogen-bond acceptors (Lipinski definition) is 6. The molecule has 198 valence electrons. The molecule has 2 aromatic carbocycles. The Morgan fingerprint density at radius 3 is 1.47 bits per heavy atom. The van der Waals surface area contributed by atoms with Gasteiger partial charge in [-0.1, -0.05) is 44.7 Å². The summed E-state index contributed by atoms with van der Waals surface area (Å²) in [4.78, 5) is 25.2. The number of unbranched alkanes of at least 4 members (excludes halogenated alkanes) is 3. The average Bonchev–Trinajstić information content (AvgIpc) is 2.87. The van der Waals surface area contributed by atoms with Crippen molar-refractivity contribution in [3.63, 3.8) is 0 Å². The molecule has 0 radical (unpaired) electrons. The normalized spacial score (nSPS) is 10.7. The lowest BCUT2D eigenvalue weighted by Gasteiger charge is -2.13. The third kappa shape index (κ3) is 10.9. The number of hydrogen-bond donors (Lipinski definition) is 2. The highest BCUT2D eigenvalue weighted by Gasteiger charge is 2.14. The van der Waals surface area contributed by atoms with Gasteiger partial charge in [-0.2, -0.15) is 0 Å². The molecule has 0 aliphatic carbocycles. The molecule has 0 saturated carbocycles. The van der Waals surface area contributed by atoms with E-state index in [9.17, 15) is 9.59 Å². The van der Waals surface area contributed by atoms with E-state index in [0.717, 1.165) is 34.6 Å². The maximum Gasteiger partial charge on any atom is 0.255 e. The smallest absolute Gasteiger partial charge is 0.255 e. The molecule has 2 rings (SSSR count). The van der Waals surface area contributed by atoms with E-state index in [2.05, 4.69) is 42.5 Å². The van der Waals surface area contributed by atoms with Crippen molar-refractivity contribution in [1.82, 2.24) is 10.6 Å². The summed E-state index contributed by atoms with van der Waals surface area (Å²) in [6, 6.07) is 10.7. The van der Waals surface area contributed by atoms with Crippen LogP contribution in [0.1, 0.15) is 46.4 Å². The molecule has 0 aromatic heterocycles. The van der Waals surface area contributed by atoms with E-state index in [4.69, 9.17) is 18.9 Å². The van der Waals surface area contributed by atoms with Crippen molar-refractivity contribution in [3.8, 4) is 11.5 Å². The van der Waals surface area contributed by atoms with Crippen LogP contribution in [0, 0.1) is 0 Å². The van der Waals surface area contributed by atoms with Crippen LogP contribution in [-0.4, -0.2) is 65.6 Å². The number of rotatable bonds is 17. The summed E-state index contributed by atoms with van der Waals surface area (Å²) in [5.41, 5.74) is 0.975. The molecule has 0 bridgehead atoms. The first kappa shape index (κ1) is 30.1. The van der Waals surface area contributed by atoms with Crippen LogP contribution in [0.15, 0.2) is 45.3 Å². The maximum atomic E-state index is 12.6. The Kier molecular flexibility index (Phi) is 14.5. The molecule has 0 saturated heterocycles. The van der Waals surface area contributed by atoms with Crippen LogP contribution >= 0.6 is 31.9 Å². The predicted octanol–water partition coefficient (Wildman–Crippen LogP) is 4.98. The largest absolute Gasteiger partial charge is 0.490 e. The second-order valence-corrected chi connectivity index (χ2v) is 9.72. The number of benzene rings is 2. The number of methoxy groups -OCH3 is 2. The third-order valence-corrected chi connectivity index (χ3v) is 6.12. The minimum atomic E-state index is -0.173. The number of carbonyl (C=O) groups is 2. The molecular weight excluding hydrogens is 596 g/mol. The van der Waals surface area contributed by atoms with Crippen molar-refractivity contribution >= 4 is 43.7 Å². The van der Waals surface area contributed by atoms with E-state index >= 15 is 0 Å². The fourth-order valence-corrected chi connectivity index (χ4v) is 4.00. The van der Waals surface area contributed by atoms with Gasteiger partial charge in [0.15, 0.2) is 0 Å². The Balaban J connectivity index is 1.68. The Morgan fingerprint density at radius 2 is 1.08 bits per heavy atom. The molecule has 0 heterocycles. The molecule has 2 aromatic rings. The minimum absolute atomic E-state index is 0.173. The Hall–Kier alpha value is -2.14. The van der Waals surface area contributed by atoms with E-state index in [1.165, 1.54) is 0 Å². The van der Waals surface area contributed by atoms with Crippen molar-refractivity contribution in [1.29, 1.82) is 0 Å². The molecule has 0 unspecified atom stereocenters. The van der Waals surface area contributed by atoms with Gasteiger partial charge in [0.2, 0.25) is 0 Å². The third-order valence-electron chi connectivity index (χ3n) is 5.14. The van der Waals surface area contributed by atoms with Gasteiger partial charge in [0, 0.05) is 36.3 Å². The number of ether oxygens (including phenoxy) is 4. The standard InChI is InChI=1S/C26H34Br2N2O6/c1-33-13-15-35-23-9-7-19(27)17-21(23)25(31)29-11-5-3-4-6-12-30-26(32)22-18-20(28)8-10-24(22)36-16-14-34-2/h7-10,17-18H,3-6,11-16H2,1-2H3,(H,29,31)(H,30,32). The first-order valence-corrected chi connectivity index (χ1v) is 13.4. The summed E-state index contributed by atoms with van der Waals surface area (Å²) in [6.07, 6.45) is 3.57. The van der Waals surface area contributed by atoms with E-state index in [-0.39, 0.29) is 11.8 Å². The molecule has 10 heteroatoms. The van der Waals surface area contributed by atoms with Crippen molar-refractivity contribution in [3.05, 3.63) is 56.5 Å². The van der Waals surface area contributed by atoms with Crippen LogP contribution in [0.2, 0.25) is 0 Å². The Bertz CT molecular complexity index is 896. The van der Waals surface area contributed by atoms with Gasteiger partial charge >= 0.3 is 0 Å². The van der Waals surface area contributed by atoms with Gasteiger partial charge in [-0.05, 0) is 49.2 Å². The molecule has 2 amide bonds. The minimum Gasteiger partial charge on any atom is -0.490 e. The van der Waals surface area contributed by atoms with Crippen LogP contribution in [0.5, 0.6) is 11.5 Å². The van der Waals surface area contributed by atoms with Crippen molar-refractivity contribution in [2.24, 2.45) is 0 Å². The zero-order chi connectivity index (χ0) is 26.2. The number of amides is 2. The highest BCUT2D eigenvalue weighted by atomic mass is 79.9. The summed E-state index contributed by atoms with van der Waals surface area (Å²) in [7, 11) is 3.21. The van der Waals surface area contributed by atoms with Gasteiger partial charge in [0.05, 0.1) is 24.3 Å². The van der Waals surface area contributed by atoms with Gasteiger partial charge in [-0.25, -0.2) is 0 Å². The maximum absolute atomic E-state index is 12.6. The topological polar surface area (TPSA) is 95.1 Å². The molecule has 0 fully saturated rings. The molecule has 0 aliphatic rings. The first-order chi connectivity index (χ1) is 17.5. The van der Waals surface area contributed by atoms with Gasteiger partial charge < -0.3 is 29.6 Å². The van der Waals surface area contributed by atoms with Crippen molar-refractivity contribution in [2.75, 3.05) is 53.7 Å². The van der Waals surface area contributed by atoms with Crippen LogP contribution in [-0.2, 0) is 9.47 Å². The molecule has 0 atom stereocenters. The van der Waals surface area contributed by atoms with Gasteiger partial charge in [-0.3, -0.25) is 9.59 Å². The molecule has 0 spiro atoms. The van der Waals surface area contributed by atoms with Crippen LogP contribution in [0.4, 0.5) is 0 Å². The van der Waals surface area contributed by atoms with E-state index < -0.39 is 0 Å². The molecule has 36 heavy (non-hydrogen) atoms. The van der Waals surface area contributed by atoms with Crippen LogP contribution < -0.4 is 20.1 Å². The highest BCUT2D eigenvalue weighted by Crippen LogP contribution is 2.24. The zero-order valence-electron chi connectivity index (χ0n) is 20.7. The molecular formula is C26H34Br2N2O6. The second kappa shape index (κ2) is 17.3. The van der Waals surface area contributed by atoms with Crippen LogP contribution in [0.3, 0.4) is 0 Å². The lowest BCUT2D eigenvalue weighted by molar-refractivity contribution is 0.0935. The predicted molar refractivity (Wildman–Crippen MR) is 146 cm³/mol. The summed E-state index contributed by atoms with van der Waals surface area (Å²) < 4.78 is 22.9. The fraction of sp³-hybridized carbons (Fsp3) is 0.462. The van der Waals surface area contributed by atoms with Gasteiger partial charge in [0.25, 0.3) is 11.8 Å². The Labute approximate surface area is 229 Å². The van der Waals surface area contributed by atoms with E-state index in [0.29, 0.717) is 62.1 Å². The summed E-state index contributed by atoms with van der Waals surface area (Å²) in [5, 5.41) is 5.90. The average molecular weight is 630 g/mol. The molecule has 2 N–H and O–H groups in total. The van der Waals surface area contributed by atoms with E-state index in [1.807, 2.05) is 12.1 Å². The zero-order valence-corrected chi connectivity index (χ0v) is 23.9. The summed E-state index contributed by atoms with van der Waals surface area (Å²) in [6.45, 7) is 2.77. The molecule has 8 nitrogen and oxygen atoms in total. The van der Waals surface area contributed by atoms with Crippen molar-refractivity contribution < 1.29 is 28.5 Å². The number of carbonyl (C=O) groups excluding carboxylic acids is 2. The summed E-state index contributed by atoms with van der Waals surface area (Å²) >= 11 is 6.81. The lowest BCUT2D eigenvalue weighted by Crippen LogP contribution is -2.26. The monoisotopic (exact) mass is 628 g/mol. The fourth-order valence-electron chi connectivity index (χ4n) is 3.28. The Morgan fingerprint density at radius 1 is 0.667 bits per heavy atom. The SMILES string of the molecule is COCCOc1ccc(Br)cc1C(=O)NCCCCCCNC(=O)c1cc(Br)ccc1OCCOC. The first-order valence-electron chi connectivity index (χ1n) is 11.8. The lowest BCUT2D eigenvalue weighted by atomic mass is 10.1. The van der Waals surface area contributed by atoms with Gasteiger partial charge in [0.1, 0.15) is 24.7 Å². The van der Waals surface area contributed by atoms with Crippen molar-refractivity contribution in [2.45, 2.75) is 25.7 Å². The highest BCUT2D eigenvalue weighted by molar-refractivity contribution is 9.10. The number of nitrogens with one attached hydrogen (secondary N) is 2. The quantitative estimate of drug-likeness (QED) is 0.240. The number of halogens is 2.